The van der Waals surface area contributed by atoms with E-state index in [0.29, 0.717) is 16.5 Å². The van der Waals surface area contributed by atoms with Gasteiger partial charge in [-0.2, -0.15) is 0 Å². The molecule has 22 heavy (non-hydrogen) atoms. The van der Waals surface area contributed by atoms with Gasteiger partial charge in [-0.05, 0) is 44.5 Å². The van der Waals surface area contributed by atoms with Crippen LogP contribution in [-0.4, -0.2) is 17.0 Å². The molecule has 1 aromatic carbocycles. The lowest BCUT2D eigenvalue weighted by Gasteiger charge is -2.15. The van der Waals surface area contributed by atoms with E-state index in [1.807, 2.05) is 39.0 Å². The number of rotatable bonds is 5. The second-order valence-electron chi connectivity index (χ2n) is 5.30. The Bertz CT molecular complexity index is 641. The summed E-state index contributed by atoms with van der Waals surface area (Å²) >= 11 is 5.96. The van der Waals surface area contributed by atoms with E-state index in [1.54, 1.807) is 18.2 Å². The maximum Gasteiger partial charge on any atom is 0.253 e. The van der Waals surface area contributed by atoms with Gasteiger partial charge >= 0.3 is 0 Å². The number of pyridine rings is 1. The van der Waals surface area contributed by atoms with E-state index in [9.17, 15) is 4.79 Å². The summed E-state index contributed by atoms with van der Waals surface area (Å²) in [6, 6.07) is 10.7. The molecule has 116 valence electrons. The third kappa shape index (κ3) is 4.46. The van der Waals surface area contributed by atoms with Gasteiger partial charge in [0.2, 0.25) is 5.88 Å². The summed E-state index contributed by atoms with van der Waals surface area (Å²) in [6.45, 7) is 5.76. The standard InChI is InChI=1S/C17H19ClN2O2/c1-11(2)22-16-8-7-14(10-19-16)17(21)20-12(3)13-5-4-6-15(18)9-13/h4-12H,1-3H3,(H,20,21). The van der Waals surface area contributed by atoms with E-state index in [0.717, 1.165) is 5.56 Å². The van der Waals surface area contributed by atoms with Crippen molar-refractivity contribution in [1.82, 2.24) is 10.3 Å². The van der Waals surface area contributed by atoms with Gasteiger partial charge in [-0.3, -0.25) is 4.79 Å². The van der Waals surface area contributed by atoms with E-state index in [1.165, 1.54) is 6.20 Å². The summed E-state index contributed by atoms with van der Waals surface area (Å²) in [7, 11) is 0. The molecule has 1 atom stereocenters. The highest BCUT2D eigenvalue weighted by Crippen LogP contribution is 2.18. The fourth-order valence-corrected chi connectivity index (χ4v) is 2.16. The first kappa shape index (κ1) is 16.3. The topological polar surface area (TPSA) is 51.2 Å². The van der Waals surface area contributed by atoms with Gasteiger partial charge in [0.1, 0.15) is 0 Å². The Morgan fingerprint density at radius 1 is 1.23 bits per heavy atom. The molecule has 0 fully saturated rings. The van der Waals surface area contributed by atoms with Crippen LogP contribution >= 0.6 is 11.6 Å². The minimum absolute atomic E-state index is 0.0510. The summed E-state index contributed by atoms with van der Waals surface area (Å²) in [6.07, 6.45) is 1.56. The first-order valence-corrected chi connectivity index (χ1v) is 7.52. The maximum absolute atomic E-state index is 12.2. The number of hydrogen-bond donors (Lipinski definition) is 1. The number of hydrogen-bond acceptors (Lipinski definition) is 3. The summed E-state index contributed by atoms with van der Waals surface area (Å²) in [5.74, 6) is 0.325. The normalized spacial score (nSPS) is 12.0. The van der Waals surface area contributed by atoms with E-state index in [-0.39, 0.29) is 18.1 Å². The molecule has 1 amide bonds. The molecule has 1 heterocycles. The zero-order chi connectivity index (χ0) is 16.1. The van der Waals surface area contributed by atoms with Gasteiger partial charge in [-0.1, -0.05) is 23.7 Å². The monoisotopic (exact) mass is 318 g/mol. The van der Waals surface area contributed by atoms with Crippen LogP contribution in [0.5, 0.6) is 5.88 Å². The van der Waals surface area contributed by atoms with E-state index in [4.69, 9.17) is 16.3 Å². The molecule has 0 aliphatic heterocycles. The zero-order valence-corrected chi connectivity index (χ0v) is 13.6. The number of nitrogens with zero attached hydrogens (tertiary/aromatic N) is 1. The van der Waals surface area contributed by atoms with Crippen molar-refractivity contribution >= 4 is 17.5 Å². The second-order valence-corrected chi connectivity index (χ2v) is 5.74. The molecule has 1 aromatic heterocycles. The fraction of sp³-hybridized carbons (Fsp3) is 0.294. The molecular weight excluding hydrogens is 300 g/mol. The van der Waals surface area contributed by atoms with Crippen LogP contribution in [0.1, 0.15) is 42.7 Å². The molecule has 0 radical (unpaired) electrons. The SMILES string of the molecule is CC(C)Oc1ccc(C(=O)NC(C)c2cccc(Cl)c2)cn1. The van der Waals surface area contributed by atoms with Gasteiger partial charge in [0.25, 0.3) is 5.91 Å². The lowest BCUT2D eigenvalue weighted by Crippen LogP contribution is -2.26. The number of benzene rings is 1. The Morgan fingerprint density at radius 3 is 2.59 bits per heavy atom. The van der Waals surface area contributed by atoms with Crippen molar-refractivity contribution in [3.8, 4) is 5.88 Å². The Balaban J connectivity index is 2.02. The molecule has 2 rings (SSSR count). The van der Waals surface area contributed by atoms with Crippen molar-refractivity contribution in [2.24, 2.45) is 0 Å². The van der Waals surface area contributed by atoms with Crippen LogP contribution in [0.2, 0.25) is 5.02 Å². The number of carbonyl (C=O) groups excluding carboxylic acids is 1. The highest BCUT2D eigenvalue weighted by Gasteiger charge is 2.12. The van der Waals surface area contributed by atoms with Crippen molar-refractivity contribution in [3.63, 3.8) is 0 Å². The van der Waals surface area contributed by atoms with Crippen LogP contribution in [0.25, 0.3) is 0 Å². The van der Waals surface area contributed by atoms with Gasteiger partial charge in [-0.25, -0.2) is 4.98 Å². The molecule has 0 spiro atoms. The van der Waals surface area contributed by atoms with Gasteiger partial charge in [0, 0.05) is 17.3 Å². The van der Waals surface area contributed by atoms with Crippen molar-refractivity contribution in [1.29, 1.82) is 0 Å². The number of halogens is 1. The predicted molar refractivity (Wildman–Crippen MR) is 87.3 cm³/mol. The first-order valence-electron chi connectivity index (χ1n) is 7.14. The summed E-state index contributed by atoms with van der Waals surface area (Å²) < 4.78 is 5.46. The summed E-state index contributed by atoms with van der Waals surface area (Å²) in [5, 5.41) is 3.57. The average Bonchev–Trinajstić information content (AvgIpc) is 2.47. The van der Waals surface area contributed by atoms with Crippen molar-refractivity contribution < 1.29 is 9.53 Å². The van der Waals surface area contributed by atoms with Gasteiger partial charge < -0.3 is 10.1 Å². The first-order chi connectivity index (χ1) is 10.5. The molecule has 0 saturated carbocycles. The second kappa shape index (κ2) is 7.27. The van der Waals surface area contributed by atoms with Crippen LogP contribution in [0.3, 0.4) is 0 Å². The molecule has 5 heteroatoms. The highest BCUT2D eigenvalue weighted by atomic mass is 35.5. The molecule has 0 aliphatic rings. The van der Waals surface area contributed by atoms with Crippen molar-refractivity contribution in [2.75, 3.05) is 0 Å². The average molecular weight is 319 g/mol. The third-order valence-corrected chi connectivity index (χ3v) is 3.29. The van der Waals surface area contributed by atoms with Crippen LogP contribution in [0.4, 0.5) is 0 Å². The number of nitrogens with one attached hydrogen (secondary N) is 1. The van der Waals surface area contributed by atoms with E-state index < -0.39 is 0 Å². The van der Waals surface area contributed by atoms with Crippen molar-refractivity contribution in [2.45, 2.75) is 32.9 Å². The molecular formula is C17H19ClN2O2. The smallest absolute Gasteiger partial charge is 0.253 e. The highest BCUT2D eigenvalue weighted by molar-refractivity contribution is 6.30. The minimum atomic E-state index is -0.184. The van der Waals surface area contributed by atoms with E-state index >= 15 is 0 Å². The summed E-state index contributed by atoms with van der Waals surface area (Å²) in [4.78, 5) is 16.4. The minimum Gasteiger partial charge on any atom is -0.475 e. The molecule has 1 unspecified atom stereocenters. The Hall–Kier alpha value is -2.07. The van der Waals surface area contributed by atoms with Crippen LogP contribution < -0.4 is 10.1 Å². The summed E-state index contributed by atoms with van der Waals surface area (Å²) in [5.41, 5.74) is 1.44. The lowest BCUT2D eigenvalue weighted by molar-refractivity contribution is 0.0939. The molecule has 1 N–H and O–H groups in total. The number of amides is 1. The van der Waals surface area contributed by atoms with Gasteiger partial charge in [0.15, 0.2) is 0 Å². The number of carbonyl (C=O) groups is 1. The number of ether oxygens (including phenoxy) is 1. The molecule has 0 aliphatic carbocycles. The van der Waals surface area contributed by atoms with E-state index in [2.05, 4.69) is 10.3 Å². The zero-order valence-electron chi connectivity index (χ0n) is 12.8. The van der Waals surface area contributed by atoms with Crippen LogP contribution in [0.15, 0.2) is 42.6 Å². The van der Waals surface area contributed by atoms with Crippen LogP contribution in [0, 0.1) is 0 Å². The van der Waals surface area contributed by atoms with Gasteiger partial charge in [-0.15, -0.1) is 0 Å². The largest absolute Gasteiger partial charge is 0.475 e. The quantitative estimate of drug-likeness (QED) is 0.906. The van der Waals surface area contributed by atoms with Gasteiger partial charge in [0.05, 0.1) is 17.7 Å². The molecule has 0 saturated heterocycles. The third-order valence-electron chi connectivity index (χ3n) is 3.05. The molecule has 0 bridgehead atoms. The Labute approximate surface area is 135 Å². The predicted octanol–water partition coefficient (Wildman–Crippen LogP) is 4.01. The molecule has 2 aromatic rings. The van der Waals surface area contributed by atoms with Crippen LogP contribution in [-0.2, 0) is 0 Å². The maximum atomic E-state index is 12.2. The Morgan fingerprint density at radius 2 is 2.00 bits per heavy atom. The molecule has 4 nitrogen and oxygen atoms in total. The number of aromatic nitrogens is 1. The Kier molecular flexibility index (Phi) is 5.39. The van der Waals surface area contributed by atoms with Crippen molar-refractivity contribution in [3.05, 3.63) is 58.7 Å². The fourth-order valence-electron chi connectivity index (χ4n) is 1.97. The lowest BCUT2D eigenvalue weighted by atomic mass is 10.1.